The molecule has 0 spiro atoms. The molecule has 1 saturated carbocycles. The van der Waals surface area contributed by atoms with Gasteiger partial charge in [-0.05, 0) is 38.4 Å². The van der Waals surface area contributed by atoms with Gasteiger partial charge in [0.15, 0.2) is 0 Å². The Morgan fingerprint density at radius 2 is 1.92 bits per heavy atom. The zero-order chi connectivity index (χ0) is 16.7. The van der Waals surface area contributed by atoms with E-state index in [1.54, 1.807) is 0 Å². The monoisotopic (exact) mass is 327 g/mol. The molecule has 3 fully saturated rings. The molecule has 3 aliphatic rings. The molecule has 4 nitrogen and oxygen atoms in total. The maximum absolute atomic E-state index is 12.5. The Balaban J connectivity index is 1.47. The molecule has 0 unspecified atom stereocenters. The number of benzene rings is 1. The lowest BCUT2D eigenvalue weighted by molar-refractivity contribution is -0.132. The van der Waals surface area contributed by atoms with E-state index in [4.69, 9.17) is 0 Å². The first-order valence-corrected chi connectivity index (χ1v) is 9.25. The van der Waals surface area contributed by atoms with Crippen LogP contribution < -0.4 is 0 Å². The molecule has 2 saturated heterocycles. The number of hydrogen-bond donors (Lipinski definition) is 0. The zero-order valence-corrected chi connectivity index (χ0v) is 14.9. The summed E-state index contributed by atoms with van der Waals surface area (Å²) in [6.45, 7) is 6.27. The quantitative estimate of drug-likeness (QED) is 0.827. The molecule has 1 aliphatic carbocycles. The van der Waals surface area contributed by atoms with Crippen LogP contribution in [-0.4, -0.2) is 67.4 Å². The Kier molecular flexibility index (Phi) is 4.13. The van der Waals surface area contributed by atoms with Gasteiger partial charge in [-0.2, -0.15) is 0 Å². The normalized spacial score (nSPS) is 30.1. The van der Waals surface area contributed by atoms with E-state index in [1.165, 1.54) is 5.56 Å². The van der Waals surface area contributed by atoms with E-state index in [1.807, 2.05) is 0 Å². The highest BCUT2D eigenvalue weighted by Crippen LogP contribution is 2.45. The molecule has 0 radical (unpaired) electrons. The van der Waals surface area contributed by atoms with Crippen LogP contribution in [0.2, 0.25) is 0 Å². The smallest absolute Gasteiger partial charge is 0.225 e. The molecule has 2 heterocycles. The van der Waals surface area contributed by atoms with Crippen molar-refractivity contribution in [3.8, 4) is 0 Å². The Bertz CT molecular complexity index is 598. The van der Waals surface area contributed by atoms with Crippen molar-refractivity contribution in [2.75, 3.05) is 46.8 Å². The number of hydrogen-bond acceptors (Lipinski definition) is 3. The molecule has 1 aromatic rings. The summed E-state index contributed by atoms with van der Waals surface area (Å²) >= 11 is 0. The third-order valence-corrected chi connectivity index (χ3v) is 5.95. The zero-order valence-electron chi connectivity index (χ0n) is 14.9. The fraction of sp³-hybridized carbons (Fsp3) is 0.650. The van der Waals surface area contributed by atoms with Crippen LogP contribution in [0.1, 0.15) is 18.4 Å². The van der Waals surface area contributed by atoms with E-state index in [9.17, 15) is 4.79 Å². The number of likely N-dealkylation sites (tertiary alicyclic amines) is 2. The number of rotatable bonds is 5. The second-order valence-corrected chi connectivity index (χ2v) is 8.45. The van der Waals surface area contributed by atoms with Crippen molar-refractivity contribution in [2.24, 2.45) is 17.3 Å². The minimum absolute atomic E-state index is 0.253. The molecule has 130 valence electrons. The minimum atomic E-state index is 0.253. The Labute approximate surface area is 145 Å². The van der Waals surface area contributed by atoms with Crippen molar-refractivity contribution in [2.45, 2.75) is 19.4 Å². The highest BCUT2D eigenvalue weighted by atomic mass is 16.2. The van der Waals surface area contributed by atoms with Crippen molar-refractivity contribution in [1.82, 2.24) is 14.7 Å². The standard InChI is InChI=1S/C20H29N3O/c1-21(2)13-20-14-22(10-16-6-4-3-5-7-16)11-18(20)12-23(15-20)19(24)17-8-9-17/h3-7,17-18H,8-15H2,1-2H3/t18-,20+/m1/s1. The first-order valence-electron chi connectivity index (χ1n) is 9.25. The summed E-state index contributed by atoms with van der Waals surface area (Å²) in [6, 6.07) is 10.8. The van der Waals surface area contributed by atoms with Gasteiger partial charge in [0.2, 0.25) is 5.91 Å². The van der Waals surface area contributed by atoms with Crippen molar-refractivity contribution >= 4 is 5.91 Å². The number of amides is 1. The van der Waals surface area contributed by atoms with Crippen LogP contribution in [0.4, 0.5) is 0 Å². The van der Waals surface area contributed by atoms with Gasteiger partial charge in [-0.15, -0.1) is 0 Å². The van der Waals surface area contributed by atoms with E-state index in [-0.39, 0.29) is 5.41 Å². The van der Waals surface area contributed by atoms with Gasteiger partial charge in [0.1, 0.15) is 0 Å². The summed E-state index contributed by atoms with van der Waals surface area (Å²) in [5.41, 5.74) is 1.64. The van der Waals surface area contributed by atoms with Gasteiger partial charge >= 0.3 is 0 Å². The maximum atomic E-state index is 12.5. The molecule has 2 atom stereocenters. The molecule has 4 rings (SSSR count). The predicted octanol–water partition coefficient (Wildman–Crippen LogP) is 1.92. The Morgan fingerprint density at radius 1 is 1.17 bits per heavy atom. The van der Waals surface area contributed by atoms with E-state index >= 15 is 0 Å². The highest BCUT2D eigenvalue weighted by Gasteiger charge is 2.54. The van der Waals surface area contributed by atoms with Crippen LogP contribution in [-0.2, 0) is 11.3 Å². The molecule has 0 aromatic heterocycles. The topological polar surface area (TPSA) is 26.8 Å². The van der Waals surface area contributed by atoms with Crippen molar-refractivity contribution < 1.29 is 4.79 Å². The number of fused-ring (bicyclic) bond motifs is 1. The lowest BCUT2D eigenvalue weighted by atomic mass is 9.80. The van der Waals surface area contributed by atoms with E-state index in [0.717, 1.165) is 52.1 Å². The predicted molar refractivity (Wildman–Crippen MR) is 95.5 cm³/mol. The number of carbonyl (C=O) groups is 1. The first kappa shape index (κ1) is 16.1. The van der Waals surface area contributed by atoms with Gasteiger partial charge in [0, 0.05) is 50.6 Å². The van der Waals surface area contributed by atoms with Crippen LogP contribution in [0, 0.1) is 17.3 Å². The van der Waals surface area contributed by atoms with Gasteiger partial charge < -0.3 is 9.80 Å². The molecule has 1 aromatic carbocycles. The van der Waals surface area contributed by atoms with Crippen LogP contribution in [0.25, 0.3) is 0 Å². The van der Waals surface area contributed by atoms with Crippen molar-refractivity contribution in [1.29, 1.82) is 0 Å². The van der Waals surface area contributed by atoms with E-state index in [0.29, 0.717) is 17.7 Å². The lowest BCUT2D eigenvalue weighted by Crippen LogP contribution is -2.43. The fourth-order valence-corrected chi connectivity index (χ4v) is 4.86. The molecule has 0 N–H and O–H groups in total. The number of carbonyl (C=O) groups excluding carboxylic acids is 1. The minimum Gasteiger partial charge on any atom is -0.341 e. The molecule has 4 heteroatoms. The first-order chi connectivity index (χ1) is 11.6. The van der Waals surface area contributed by atoms with E-state index in [2.05, 4.69) is 59.1 Å². The van der Waals surface area contributed by atoms with Gasteiger partial charge in [-0.3, -0.25) is 9.69 Å². The third-order valence-electron chi connectivity index (χ3n) is 5.95. The van der Waals surface area contributed by atoms with Crippen molar-refractivity contribution in [3.63, 3.8) is 0 Å². The van der Waals surface area contributed by atoms with Crippen LogP contribution >= 0.6 is 0 Å². The SMILES string of the molecule is CN(C)C[C@@]12CN(Cc3ccccc3)C[C@@H]1CN(C(=O)C1CC1)C2. The second kappa shape index (κ2) is 6.16. The van der Waals surface area contributed by atoms with Gasteiger partial charge in [0.05, 0.1) is 0 Å². The lowest BCUT2D eigenvalue weighted by Gasteiger charge is -2.32. The molecule has 1 amide bonds. The average molecular weight is 327 g/mol. The van der Waals surface area contributed by atoms with Crippen molar-refractivity contribution in [3.05, 3.63) is 35.9 Å². The molecule has 0 bridgehead atoms. The van der Waals surface area contributed by atoms with Gasteiger partial charge in [-0.25, -0.2) is 0 Å². The summed E-state index contributed by atoms with van der Waals surface area (Å²) < 4.78 is 0. The highest BCUT2D eigenvalue weighted by molar-refractivity contribution is 5.81. The summed E-state index contributed by atoms with van der Waals surface area (Å²) in [7, 11) is 4.33. The van der Waals surface area contributed by atoms with Crippen LogP contribution in [0.15, 0.2) is 30.3 Å². The van der Waals surface area contributed by atoms with Gasteiger partial charge in [0.25, 0.3) is 0 Å². The second-order valence-electron chi connectivity index (χ2n) is 8.45. The average Bonchev–Trinajstić information content (AvgIpc) is 3.25. The molecular formula is C20H29N3O. The Hall–Kier alpha value is -1.39. The van der Waals surface area contributed by atoms with Crippen LogP contribution in [0.5, 0.6) is 0 Å². The summed E-state index contributed by atoms with van der Waals surface area (Å²) in [5, 5.41) is 0. The van der Waals surface area contributed by atoms with Crippen LogP contribution in [0.3, 0.4) is 0 Å². The fourth-order valence-electron chi connectivity index (χ4n) is 4.86. The maximum Gasteiger partial charge on any atom is 0.225 e. The Morgan fingerprint density at radius 3 is 2.58 bits per heavy atom. The largest absolute Gasteiger partial charge is 0.341 e. The molecule has 2 aliphatic heterocycles. The molecule has 24 heavy (non-hydrogen) atoms. The summed E-state index contributed by atoms with van der Waals surface area (Å²) in [4.78, 5) is 19.6. The summed E-state index contributed by atoms with van der Waals surface area (Å²) in [5.74, 6) is 1.39. The van der Waals surface area contributed by atoms with Gasteiger partial charge in [-0.1, -0.05) is 30.3 Å². The third kappa shape index (κ3) is 3.09. The molecular weight excluding hydrogens is 298 g/mol. The summed E-state index contributed by atoms with van der Waals surface area (Å²) in [6.07, 6.45) is 2.22. The number of nitrogens with zero attached hydrogens (tertiary/aromatic N) is 3. The van der Waals surface area contributed by atoms with E-state index < -0.39 is 0 Å².